The monoisotopic (exact) mass is 378 g/mol. The number of fused-ring (bicyclic) bond motifs is 2. The van der Waals surface area contributed by atoms with Gasteiger partial charge in [0.25, 0.3) is 0 Å². The van der Waals surface area contributed by atoms with E-state index in [4.69, 9.17) is 9.47 Å². The van der Waals surface area contributed by atoms with Crippen LogP contribution >= 0.6 is 0 Å². The molecule has 0 atom stereocenters. The largest absolute Gasteiger partial charge is 0.465 e. The van der Waals surface area contributed by atoms with Crippen molar-refractivity contribution in [1.82, 2.24) is 0 Å². The van der Waals surface area contributed by atoms with Crippen LogP contribution in [0, 0.1) is 0 Å². The summed E-state index contributed by atoms with van der Waals surface area (Å²) in [7, 11) is 2.82. The van der Waals surface area contributed by atoms with Crippen LogP contribution in [0.25, 0.3) is 11.1 Å². The number of carbonyl (C=O) groups excluding carboxylic acids is 2. The van der Waals surface area contributed by atoms with Crippen LogP contribution in [0.3, 0.4) is 0 Å². The number of rotatable bonds is 3. The van der Waals surface area contributed by atoms with Gasteiger partial charge in [-0.2, -0.15) is 0 Å². The van der Waals surface area contributed by atoms with E-state index >= 15 is 0 Å². The van der Waals surface area contributed by atoms with Crippen molar-refractivity contribution < 1.29 is 19.1 Å². The topological polar surface area (TPSA) is 52.6 Å². The fourth-order valence-corrected chi connectivity index (χ4v) is 4.79. The minimum absolute atomic E-state index is 0.354. The van der Waals surface area contributed by atoms with Crippen molar-refractivity contribution in [3.63, 3.8) is 0 Å². The average molecular weight is 378 g/mol. The molecule has 0 amide bonds. The van der Waals surface area contributed by atoms with Gasteiger partial charge in [-0.3, -0.25) is 0 Å². The zero-order chi connectivity index (χ0) is 19.7. The van der Waals surface area contributed by atoms with E-state index in [0.717, 1.165) is 62.5 Å². The summed E-state index contributed by atoms with van der Waals surface area (Å²) in [5, 5.41) is 0. The summed E-state index contributed by atoms with van der Waals surface area (Å²) in [6.07, 6.45) is 8.33. The van der Waals surface area contributed by atoms with Gasteiger partial charge < -0.3 is 9.47 Å². The summed E-state index contributed by atoms with van der Waals surface area (Å²) < 4.78 is 10.2. The molecule has 0 saturated heterocycles. The van der Waals surface area contributed by atoms with Crippen molar-refractivity contribution in [1.29, 1.82) is 0 Å². The van der Waals surface area contributed by atoms with Crippen LogP contribution in [0.1, 0.15) is 68.7 Å². The first-order valence-corrected chi connectivity index (χ1v) is 10.1. The van der Waals surface area contributed by atoms with E-state index in [1.807, 2.05) is 12.1 Å². The number of methoxy groups -OCH3 is 2. The smallest absolute Gasteiger partial charge is 0.338 e. The highest BCUT2D eigenvalue weighted by molar-refractivity contribution is 6.05. The molecule has 0 N–H and O–H groups in total. The van der Waals surface area contributed by atoms with Gasteiger partial charge in [-0.1, -0.05) is 12.1 Å². The standard InChI is InChI=1S/C24H26O4/c1-27-23(25)19-13-11-15-7-3-5-9-17(15)21(19)22-18-10-6-4-8-16(18)12-14-20(22)24(26)28-2/h11-14H,3-10H2,1-2H3. The molecule has 2 aromatic rings. The van der Waals surface area contributed by atoms with Crippen molar-refractivity contribution >= 4 is 11.9 Å². The molecule has 0 unspecified atom stereocenters. The Balaban J connectivity index is 2.08. The van der Waals surface area contributed by atoms with Gasteiger partial charge in [-0.25, -0.2) is 9.59 Å². The lowest BCUT2D eigenvalue weighted by Crippen LogP contribution is -2.16. The third kappa shape index (κ3) is 3.11. The second-order valence-electron chi connectivity index (χ2n) is 7.65. The predicted octanol–water partition coefficient (Wildman–Crippen LogP) is 4.68. The molecule has 0 aliphatic heterocycles. The second kappa shape index (κ2) is 7.78. The summed E-state index contributed by atoms with van der Waals surface area (Å²) in [6.45, 7) is 0. The van der Waals surface area contributed by atoms with Gasteiger partial charge in [0.1, 0.15) is 0 Å². The molecule has 2 aliphatic rings. The number of carbonyl (C=O) groups is 2. The lowest BCUT2D eigenvalue weighted by atomic mass is 9.77. The Hall–Kier alpha value is -2.62. The van der Waals surface area contributed by atoms with Crippen LogP contribution in [0.15, 0.2) is 24.3 Å². The average Bonchev–Trinajstić information content (AvgIpc) is 2.76. The number of hydrogen-bond acceptors (Lipinski definition) is 4. The van der Waals surface area contributed by atoms with Crippen molar-refractivity contribution in [2.75, 3.05) is 14.2 Å². The molecule has 28 heavy (non-hydrogen) atoms. The summed E-state index contributed by atoms with van der Waals surface area (Å²) >= 11 is 0. The van der Waals surface area contributed by atoms with E-state index in [1.54, 1.807) is 0 Å². The highest BCUT2D eigenvalue weighted by Gasteiger charge is 2.29. The molecule has 2 aliphatic carbocycles. The van der Waals surface area contributed by atoms with E-state index in [-0.39, 0.29) is 11.9 Å². The van der Waals surface area contributed by atoms with E-state index in [1.165, 1.54) is 36.5 Å². The van der Waals surface area contributed by atoms with Crippen molar-refractivity contribution in [3.8, 4) is 11.1 Å². The number of hydrogen-bond donors (Lipinski definition) is 0. The van der Waals surface area contributed by atoms with Crippen LogP contribution in [0.5, 0.6) is 0 Å². The molecule has 146 valence electrons. The quantitative estimate of drug-likeness (QED) is 0.728. The van der Waals surface area contributed by atoms with Crippen LogP contribution in [0.4, 0.5) is 0 Å². The Kier molecular flexibility index (Phi) is 5.21. The molecular weight excluding hydrogens is 352 g/mol. The van der Waals surface area contributed by atoms with Crippen LogP contribution in [0.2, 0.25) is 0 Å². The maximum atomic E-state index is 12.7. The Morgan fingerprint density at radius 1 is 0.643 bits per heavy atom. The van der Waals surface area contributed by atoms with Gasteiger partial charge in [0, 0.05) is 11.1 Å². The molecule has 2 aromatic carbocycles. The molecule has 0 aromatic heterocycles. The summed E-state index contributed by atoms with van der Waals surface area (Å²) in [5.41, 5.74) is 7.82. The molecular formula is C24H26O4. The minimum atomic E-state index is -0.354. The van der Waals surface area contributed by atoms with Crippen LogP contribution in [-0.4, -0.2) is 26.2 Å². The fourth-order valence-electron chi connectivity index (χ4n) is 4.79. The molecule has 0 heterocycles. The zero-order valence-electron chi connectivity index (χ0n) is 16.6. The molecule has 4 rings (SSSR count). The number of esters is 2. The SMILES string of the molecule is COC(=O)c1ccc2c(c1-c1c(C(=O)OC)ccc3c1CCCC3)CCCC2. The van der Waals surface area contributed by atoms with Crippen LogP contribution in [-0.2, 0) is 35.2 Å². The van der Waals surface area contributed by atoms with E-state index in [0.29, 0.717) is 11.1 Å². The third-order valence-corrected chi connectivity index (χ3v) is 6.13. The summed E-state index contributed by atoms with van der Waals surface area (Å²) in [5.74, 6) is -0.708. The first-order valence-electron chi connectivity index (χ1n) is 10.1. The normalized spacial score (nSPS) is 15.4. The molecule has 0 saturated carbocycles. The summed E-state index contributed by atoms with van der Waals surface area (Å²) in [4.78, 5) is 25.3. The van der Waals surface area contributed by atoms with E-state index in [2.05, 4.69) is 12.1 Å². The van der Waals surface area contributed by atoms with E-state index < -0.39 is 0 Å². The Labute approximate surface area is 165 Å². The minimum Gasteiger partial charge on any atom is -0.465 e. The highest BCUT2D eigenvalue weighted by atomic mass is 16.5. The Bertz CT molecular complexity index is 865. The molecule has 4 heteroatoms. The highest BCUT2D eigenvalue weighted by Crippen LogP contribution is 2.41. The Morgan fingerprint density at radius 2 is 1.04 bits per heavy atom. The fraction of sp³-hybridized carbons (Fsp3) is 0.417. The van der Waals surface area contributed by atoms with E-state index in [9.17, 15) is 9.59 Å². The molecule has 0 bridgehead atoms. The van der Waals surface area contributed by atoms with Crippen LogP contribution < -0.4 is 0 Å². The molecule has 0 fully saturated rings. The number of ether oxygens (including phenoxy) is 2. The lowest BCUT2D eigenvalue weighted by Gasteiger charge is -2.27. The zero-order valence-corrected chi connectivity index (χ0v) is 16.6. The maximum Gasteiger partial charge on any atom is 0.338 e. The third-order valence-electron chi connectivity index (χ3n) is 6.13. The molecule has 0 spiro atoms. The molecule has 4 nitrogen and oxygen atoms in total. The lowest BCUT2D eigenvalue weighted by molar-refractivity contribution is 0.0590. The first kappa shape index (κ1) is 18.7. The van der Waals surface area contributed by atoms with Gasteiger partial charge in [0.2, 0.25) is 0 Å². The first-order chi connectivity index (χ1) is 13.7. The van der Waals surface area contributed by atoms with Gasteiger partial charge in [-0.15, -0.1) is 0 Å². The van der Waals surface area contributed by atoms with Gasteiger partial charge in [0.05, 0.1) is 25.3 Å². The van der Waals surface area contributed by atoms with Gasteiger partial charge >= 0.3 is 11.9 Å². The second-order valence-corrected chi connectivity index (χ2v) is 7.65. The summed E-state index contributed by atoms with van der Waals surface area (Å²) in [6, 6.07) is 7.85. The number of benzene rings is 2. The van der Waals surface area contributed by atoms with Crippen molar-refractivity contribution in [2.24, 2.45) is 0 Å². The van der Waals surface area contributed by atoms with Gasteiger partial charge in [0.15, 0.2) is 0 Å². The van der Waals surface area contributed by atoms with Crippen molar-refractivity contribution in [2.45, 2.75) is 51.4 Å². The van der Waals surface area contributed by atoms with Gasteiger partial charge in [-0.05, 0) is 85.8 Å². The van der Waals surface area contributed by atoms with Crippen molar-refractivity contribution in [3.05, 3.63) is 57.6 Å². The Morgan fingerprint density at radius 3 is 1.43 bits per heavy atom. The maximum absolute atomic E-state index is 12.7. The predicted molar refractivity (Wildman–Crippen MR) is 108 cm³/mol. The number of aryl methyl sites for hydroxylation is 2. The molecule has 0 radical (unpaired) electrons.